The normalized spacial score (nSPS) is 16.2. The zero-order valence-electron chi connectivity index (χ0n) is 17.9. The van der Waals surface area contributed by atoms with E-state index < -0.39 is 0 Å². The zero-order valence-corrected chi connectivity index (χ0v) is 19.5. The molecule has 0 bridgehead atoms. The molecule has 1 aliphatic rings. The number of ether oxygens (including phenoxy) is 2. The molecule has 1 unspecified atom stereocenters. The van der Waals surface area contributed by atoms with Gasteiger partial charge in [0, 0.05) is 18.7 Å². The Morgan fingerprint density at radius 2 is 2.09 bits per heavy atom. The molecule has 4 aromatic rings. The minimum Gasteiger partial charge on any atom is -0.491 e. The van der Waals surface area contributed by atoms with E-state index in [-0.39, 0.29) is 12.0 Å². The number of thiazole rings is 1. The maximum absolute atomic E-state index is 12.7. The summed E-state index contributed by atoms with van der Waals surface area (Å²) in [5.41, 5.74) is 1.93. The van der Waals surface area contributed by atoms with E-state index in [1.807, 2.05) is 47.4 Å². The van der Waals surface area contributed by atoms with Gasteiger partial charge in [-0.15, -0.1) is 11.3 Å². The average molecular weight is 482 g/mol. The summed E-state index contributed by atoms with van der Waals surface area (Å²) in [5.74, 6) is 1.61. The molecule has 1 aliphatic heterocycles. The van der Waals surface area contributed by atoms with E-state index in [1.54, 1.807) is 34.1 Å². The first kappa shape index (κ1) is 21.9. The molecule has 1 fully saturated rings. The lowest BCUT2D eigenvalue weighted by Crippen LogP contribution is -2.47. The predicted molar refractivity (Wildman–Crippen MR) is 128 cm³/mol. The van der Waals surface area contributed by atoms with Crippen molar-refractivity contribution in [2.45, 2.75) is 16.9 Å². The van der Waals surface area contributed by atoms with Crippen LogP contribution in [0.2, 0.25) is 0 Å². The van der Waals surface area contributed by atoms with Gasteiger partial charge >= 0.3 is 0 Å². The van der Waals surface area contributed by atoms with Crippen molar-refractivity contribution in [1.29, 1.82) is 0 Å². The number of carbonyl (C=O) groups excluding carboxylic acids is 1. The monoisotopic (exact) mass is 481 g/mol. The number of fused-ring (bicyclic) bond motifs is 1. The van der Waals surface area contributed by atoms with Gasteiger partial charge in [0.05, 0.1) is 29.1 Å². The van der Waals surface area contributed by atoms with E-state index in [0.29, 0.717) is 32.7 Å². The maximum Gasteiger partial charge on any atom is 0.223 e. The van der Waals surface area contributed by atoms with Gasteiger partial charge in [-0.3, -0.25) is 4.79 Å². The fraction of sp³-hybridized carbons (Fsp3) is 0.304. The van der Waals surface area contributed by atoms with Gasteiger partial charge in [0.1, 0.15) is 31.1 Å². The molecule has 1 amide bonds. The summed E-state index contributed by atoms with van der Waals surface area (Å²) in [6.07, 6.45) is 3.49. The third-order valence-corrected chi connectivity index (χ3v) is 7.44. The van der Waals surface area contributed by atoms with Gasteiger partial charge in [-0.05, 0) is 36.4 Å². The zero-order chi connectivity index (χ0) is 22.5. The van der Waals surface area contributed by atoms with Gasteiger partial charge in [-0.1, -0.05) is 23.9 Å². The molecular weight excluding hydrogens is 458 g/mol. The Morgan fingerprint density at radius 3 is 2.91 bits per heavy atom. The largest absolute Gasteiger partial charge is 0.491 e. The first-order valence-electron chi connectivity index (χ1n) is 10.7. The summed E-state index contributed by atoms with van der Waals surface area (Å²) in [5, 5.41) is 4.11. The second kappa shape index (κ2) is 10.3. The Morgan fingerprint density at radius 1 is 1.21 bits per heavy atom. The summed E-state index contributed by atoms with van der Waals surface area (Å²) in [4.78, 5) is 23.2. The minimum atomic E-state index is -0.144. The molecule has 33 heavy (non-hydrogen) atoms. The summed E-state index contributed by atoms with van der Waals surface area (Å²) in [7, 11) is 0. The molecule has 3 heterocycles. The number of rotatable bonds is 8. The Kier molecular flexibility index (Phi) is 6.84. The lowest BCUT2D eigenvalue weighted by molar-refractivity contribution is -0.139. The Bertz CT molecular complexity index is 1160. The van der Waals surface area contributed by atoms with Crippen LogP contribution in [0.3, 0.4) is 0 Å². The molecule has 0 aliphatic carbocycles. The Labute approximate surface area is 199 Å². The van der Waals surface area contributed by atoms with E-state index in [0.717, 1.165) is 27.0 Å². The van der Waals surface area contributed by atoms with E-state index >= 15 is 0 Å². The standard InChI is InChI=1S/C23H23N5O3S2/c29-22(9-12-32-23-26-20-3-1-2-4-21(20)33-23)27-10-11-30-19(13-27)14-31-18-7-5-17(6-8-18)28-16-24-15-25-28/h1-8,15-16,19H,9-14H2. The molecule has 8 nitrogen and oxygen atoms in total. The third-order valence-electron chi connectivity index (χ3n) is 5.26. The number of carbonyl (C=O) groups is 1. The smallest absolute Gasteiger partial charge is 0.223 e. The summed E-state index contributed by atoms with van der Waals surface area (Å²) >= 11 is 3.31. The predicted octanol–water partition coefficient (Wildman–Crippen LogP) is 3.67. The molecule has 0 spiro atoms. The summed E-state index contributed by atoms with van der Waals surface area (Å²) < 4.78 is 15.6. The van der Waals surface area contributed by atoms with Gasteiger partial charge in [0.25, 0.3) is 0 Å². The quantitative estimate of drug-likeness (QED) is 0.355. The second-order valence-electron chi connectivity index (χ2n) is 7.52. The number of amides is 1. The molecule has 0 saturated carbocycles. The Hall–Kier alpha value is -2.95. The van der Waals surface area contributed by atoms with Crippen molar-refractivity contribution in [1.82, 2.24) is 24.6 Å². The Balaban J connectivity index is 1.07. The highest BCUT2D eigenvalue weighted by Gasteiger charge is 2.24. The van der Waals surface area contributed by atoms with Gasteiger partial charge in [-0.2, -0.15) is 5.10 Å². The molecule has 0 N–H and O–H groups in total. The van der Waals surface area contributed by atoms with Crippen LogP contribution in [0.25, 0.3) is 15.9 Å². The van der Waals surface area contributed by atoms with Crippen LogP contribution in [0.1, 0.15) is 6.42 Å². The number of benzene rings is 2. The van der Waals surface area contributed by atoms with Crippen molar-refractivity contribution in [3.8, 4) is 11.4 Å². The lowest BCUT2D eigenvalue weighted by Gasteiger charge is -2.33. The SMILES string of the molecule is O=C(CCSc1nc2ccccc2s1)N1CCOC(COc2ccc(-n3cncn3)cc2)C1. The molecule has 10 heteroatoms. The highest BCUT2D eigenvalue weighted by Crippen LogP contribution is 2.29. The third kappa shape index (κ3) is 5.52. The minimum absolute atomic E-state index is 0.144. The van der Waals surface area contributed by atoms with Crippen LogP contribution in [0.5, 0.6) is 5.75 Å². The van der Waals surface area contributed by atoms with Crippen molar-refractivity contribution in [3.63, 3.8) is 0 Å². The second-order valence-corrected chi connectivity index (χ2v) is 9.90. The number of morpholine rings is 1. The van der Waals surface area contributed by atoms with Gasteiger partial charge in [0.15, 0.2) is 4.34 Å². The van der Waals surface area contributed by atoms with Crippen LogP contribution < -0.4 is 4.74 Å². The number of hydrogen-bond donors (Lipinski definition) is 0. The van der Waals surface area contributed by atoms with Crippen molar-refractivity contribution < 1.29 is 14.3 Å². The van der Waals surface area contributed by atoms with Crippen LogP contribution in [0.4, 0.5) is 0 Å². The van der Waals surface area contributed by atoms with E-state index in [9.17, 15) is 4.79 Å². The van der Waals surface area contributed by atoms with Gasteiger partial charge < -0.3 is 14.4 Å². The first-order chi connectivity index (χ1) is 16.2. The van der Waals surface area contributed by atoms with Crippen LogP contribution in [-0.4, -0.2) is 68.7 Å². The number of hydrogen-bond acceptors (Lipinski definition) is 8. The average Bonchev–Trinajstić information content (AvgIpc) is 3.53. The van der Waals surface area contributed by atoms with E-state index in [4.69, 9.17) is 9.47 Å². The van der Waals surface area contributed by atoms with Gasteiger partial charge in [0.2, 0.25) is 5.91 Å². The maximum atomic E-state index is 12.7. The molecule has 170 valence electrons. The van der Waals surface area contributed by atoms with Crippen molar-refractivity contribution in [2.24, 2.45) is 0 Å². The molecular formula is C23H23N5O3S2. The molecule has 2 aromatic heterocycles. The first-order valence-corrected chi connectivity index (χ1v) is 12.5. The molecule has 1 saturated heterocycles. The molecule has 0 radical (unpaired) electrons. The molecule has 1 atom stereocenters. The highest BCUT2D eigenvalue weighted by molar-refractivity contribution is 8.01. The van der Waals surface area contributed by atoms with Crippen LogP contribution in [0, 0.1) is 0 Å². The number of thioether (sulfide) groups is 1. The lowest BCUT2D eigenvalue weighted by atomic mass is 10.2. The van der Waals surface area contributed by atoms with E-state index in [1.165, 1.54) is 11.0 Å². The van der Waals surface area contributed by atoms with Crippen LogP contribution in [-0.2, 0) is 9.53 Å². The van der Waals surface area contributed by atoms with Crippen LogP contribution in [0.15, 0.2) is 65.5 Å². The number of nitrogens with zero attached hydrogens (tertiary/aromatic N) is 5. The highest BCUT2D eigenvalue weighted by atomic mass is 32.2. The van der Waals surface area contributed by atoms with Crippen LogP contribution >= 0.6 is 23.1 Å². The number of para-hydroxylation sites is 1. The topological polar surface area (TPSA) is 82.4 Å². The number of aromatic nitrogens is 4. The summed E-state index contributed by atoms with van der Waals surface area (Å²) in [6.45, 7) is 2.08. The summed E-state index contributed by atoms with van der Waals surface area (Å²) in [6, 6.07) is 15.7. The fourth-order valence-electron chi connectivity index (χ4n) is 3.57. The van der Waals surface area contributed by atoms with Gasteiger partial charge in [-0.25, -0.2) is 14.6 Å². The van der Waals surface area contributed by atoms with E-state index in [2.05, 4.69) is 21.1 Å². The van der Waals surface area contributed by atoms with Crippen molar-refractivity contribution in [2.75, 3.05) is 32.1 Å². The fourth-order valence-corrected chi connectivity index (χ4v) is 5.64. The molecule has 2 aromatic carbocycles. The van der Waals surface area contributed by atoms with Crippen molar-refractivity contribution >= 4 is 39.2 Å². The van der Waals surface area contributed by atoms with Crippen molar-refractivity contribution in [3.05, 3.63) is 61.2 Å². The molecule has 5 rings (SSSR count).